The van der Waals surface area contributed by atoms with Crippen molar-refractivity contribution in [2.45, 2.75) is 6.04 Å². The van der Waals surface area contributed by atoms with Gasteiger partial charge < -0.3 is 20.0 Å². The smallest absolute Gasteiger partial charge is 0.269 e. The van der Waals surface area contributed by atoms with E-state index in [4.69, 9.17) is 4.42 Å². The molecule has 6 rings (SSSR count). The molecule has 252 valence electrons. The Labute approximate surface area is 289 Å². The van der Waals surface area contributed by atoms with Crippen molar-refractivity contribution in [3.8, 4) is 11.3 Å². The fourth-order valence-electron chi connectivity index (χ4n) is 5.80. The number of nitro benzene ring substituents is 1. The van der Waals surface area contributed by atoms with Gasteiger partial charge in [-0.2, -0.15) is 0 Å². The van der Waals surface area contributed by atoms with Gasteiger partial charge in [0.2, 0.25) is 11.8 Å². The number of benzene rings is 4. The minimum absolute atomic E-state index is 0.0248. The Balaban J connectivity index is 1.21. The number of piperazine rings is 1. The van der Waals surface area contributed by atoms with Gasteiger partial charge in [-0.05, 0) is 61.2 Å². The molecular weight excluding hydrogens is 634 g/mol. The number of hydrogen-bond acceptors (Lipinski definition) is 8. The molecular formula is C39H35N5O6. The molecule has 2 amide bonds. The number of amides is 2. The first-order valence-electron chi connectivity index (χ1n) is 16.1. The second-order valence-corrected chi connectivity index (χ2v) is 11.9. The van der Waals surface area contributed by atoms with Crippen molar-refractivity contribution in [2.24, 2.45) is 0 Å². The normalized spacial score (nSPS) is 14.3. The Morgan fingerprint density at radius 2 is 1.50 bits per heavy atom. The third kappa shape index (κ3) is 8.09. The molecule has 1 unspecified atom stereocenters. The first-order chi connectivity index (χ1) is 24.2. The molecule has 1 aromatic heterocycles. The number of anilines is 2. The molecule has 0 saturated carbocycles. The summed E-state index contributed by atoms with van der Waals surface area (Å²) in [6.07, 6.45) is 2.80. The highest BCUT2D eigenvalue weighted by atomic mass is 16.6. The molecule has 0 spiro atoms. The molecule has 1 saturated heterocycles. The zero-order chi connectivity index (χ0) is 35.0. The Bertz CT molecular complexity index is 2020. The standard InChI is InChI=1S/C39H35N5O6/c1-42-22-24-43(25-23-42)37(28-8-4-2-5-9-28)39(47)41-34-19-14-30(26-33(34)38(46)29-10-6-3-7-11-29)40-36(45)21-18-32-17-20-35(50-32)27-12-15-31(16-13-27)44(48)49/h2-21,26,37H,22-25H2,1H3,(H,40,45)(H,41,47)/b21-18+. The van der Waals surface area contributed by atoms with Crippen LogP contribution in [0.4, 0.5) is 17.1 Å². The van der Waals surface area contributed by atoms with E-state index in [9.17, 15) is 24.5 Å². The maximum absolute atomic E-state index is 14.0. The minimum atomic E-state index is -0.559. The van der Waals surface area contributed by atoms with Gasteiger partial charge in [-0.15, -0.1) is 0 Å². The quantitative estimate of drug-likeness (QED) is 0.0689. The largest absolute Gasteiger partial charge is 0.457 e. The summed E-state index contributed by atoms with van der Waals surface area (Å²) in [5.41, 5.74) is 2.85. The molecule has 1 aliphatic heterocycles. The summed E-state index contributed by atoms with van der Waals surface area (Å²) in [6.45, 7) is 3.10. The van der Waals surface area contributed by atoms with Gasteiger partial charge >= 0.3 is 0 Å². The van der Waals surface area contributed by atoms with Crippen LogP contribution in [0.15, 0.2) is 126 Å². The Morgan fingerprint density at radius 3 is 2.18 bits per heavy atom. The van der Waals surface area contributed by atoms with Gasteiger partial charge in [-0.25, -0.2) is 0 Å². The summed E-state index contributed by atoms with van der Waals surface area (Å²) in [5.74, 6) is -0.136. The van der Waals surface area contributed by atoms with Crippen molar-refractivity contribution in [3.63, 3.8) is 0 Å². The van der Waals surface area contributed by atoms with Gasteiger partial charge in [-0.1, -0.05) is 60.7 Å². The molecule has 1 atom stereocenters. The minimum Gasteiger partial charge on any atom is -0.457 e. The van der Waals surface area contributed by atoms with Gasteiger partial charge in [-0.3, -0.25) is 29.4 Å². The number of ketones is 1. The molecule has 0 radical (unpaired) electrons. The lowest BCUT2D eigenvalue weighted by atomic mass is 9.99. The fraction of sp³-hybridized carbons (Fsp3) is 0.154. The maximum atomic E-state index is 14.0. The molecule has 4 aromatic carbocycles. The molecule has 1 fully saturated rings. The molecule has 0 bridgehead atoms. The number of nitrogens with one attached hydrogen (secondary N) is 2. The van der Waals surface area contributed by atoms with Gasteiger partial charge in [0.1, 0.15) is 17.6 Å². The van der Waals surface area contributed by atoms with Gasteiger partial charge in [0.25, 0.3) is 5.69 Å². The number of hydrogen-bond donors (Lipinski definition) is 2. The van der Waals surface area contributed by atoms with Crippen molar-refractivity contribution in [3.05, 3.63) is 154 Å². The van der Waals surface area contributed by atoms with Crippen LogP contribution < -0.4 is 10.6 Å². The topological polar surface area (TPSA) is 138 Å². The van der Waals surface area contributed by atoms with E-state index in [2.05, 4.69) is 27.5 Å². The van der Waals surface area contributed by atoms with Crippen molar-refractivity contribution >= 4 is 40.7 Å². The van der Waals surface area contributed by atoms with E-state index in [0.29, 0.717) is 47.1 Å². The predicted octanol–water partition coefficient (Wildman–Crippen LogP) is 6.66. The summed E-state index contributed by atoms with van der Waals surface area (Å²) < 4.78 is 5.80. The lowest BCUT2D eigenvalue weighted by Gasteiger charge is -2.37. The summed E-state index contributed by atoms with van der Waals surface area (Å²) >= 11 is 0. The molecule has 2 N–H and O–H groups in total. The fourth-order valence-corrected chi connectivity index (χ4v) is 5.80. The second-order valence-electron chi connectivity index (χ2n) is 11.9. The highest BCUT2D eigenvalue weighted by Crippen LogP contribution is 2.29. The van der Waals surface area contributed by atoms with E-state index in [1.54, 1.807) is 66.7 Å². The lowest BCUT2D eigenvalue weighted by Crippen LogP contribution is -2.48. The van der Waals surface area contributed by atoms with Crippen molar-refractivity contribution in [2.75, 3.05) is 43.9 Å². The summed E-state index contributed by atoms with van der Waals surface area (Å²) in [6, 6.07) is 32.0. The molecule has 11 heteroatoms. The maximum Gasteiger partial charge on any atom is 0.269 e. The van der Waals surface area contributed by atoms with E-state index in [-0.39, 0.29) is 22.9 Å². The van der Waals surface area contributed by atoms with Crippen LogP contribution >= 0.6 is 0 Å². The molecule has 2 heterocycles. The van der Waals surface area contributed by atoms with Gasteiger partial charge in [0.05, 0.1) is 10.6 Å². The monoisotopic (exact) mass is 669 g/mol. The van der Waals surface area contributed by atoms with Gasteiger partial charge in [0, 0.05) is 66.8 Å². The molecule has 1 aliphatic rings. The highest BCUT2D eigenvalue weighted by molar-refractivity contribution is 6.15. The zero-order valence-corrected chi connectivity index (χ0v) is 27.3. The SMILES string of the molecule is CN1CCN(C(C(=O)Nc2ccc(NC(=O)/C=C/c3ccc(-c4ccc([N+](=O)[O-])cc4)o3)cc2C(=O)c2ccccc2)c2ccccc2)CC1. The summed E-state index contributed by atoms with van der Waals surface area (Å²) in [4.78, 5) is 55.6. The summed E-state index contributed by atoms with van der Waals surface area (Å²) in [5, 5.41) is 16.8. The zero-order valence-electron chi connectivity index (χ0n) is 27.3. The van der Waals surface area contributed by atoms with E-state index >= 15 is 0 Å². The average Bonchev–Trinajstić information content (AvgIpc) is 3.62. The van der Waals surface area contributed by atoms with Crippen LogP contribution in [-0.4, -0.2) is 65.5 Å². The summed E-state index contributed by atoms with van der Waals surface area (Å²) in [7, 11) is 2.06. The van der Waals surface area contributed by atoms with Crippen molar-refractivity contribution in [1.82, 2.24) is 9.80 Å². The number of nitrogens with zero attached hydrogens (tertiary/aromatic N) is 3. The first-order valence-corrected chi connectivity index (χ1v) is 16.1. The third-order valence-corrected chi connectivity index (χ3v) is 8.48. The number of furan rings is 1. The number of carbonyl (C=O) groups excluding carboxylic acids is 3. The second kappa shape index (κ2) is 15.4. The molecule has 5 aromatic rings. The first kappa shape index (κ1) is 33.7. The van der Waals surface area contributed by atoms with E-state index in [1.165, 1.54) is 24.3 Å². The Hall–Kier alpha value is -6.17. The van der Waals surface area contributed by atoms with Crippen LogP contribution in [0, 0.1) is 10.1 Å². The van der Waals surface area contributed by atoms with Crippen LogP contribution in [0.2, 0.25) is 0 Å². The number of carbonyl (C=O) groups is 3. The number of non-ortho nitro benzene ring substituents is 1. The third-order valence-electron chi connectivity index (χ3n) is 8.48. The Kier molecular flexibility index (Phi) is 10.4. The molecule has 0 aliphatic carbocycles. The van der Waals surface area contributed by atoms with Crippen LogP contribution in [0.3, 0.4) is 0 Å². The van der Waals surface area contributed by atoms with Crippen LogP contribution in [0.25, 0.3) is 17.4 Å². The predicted molar refractivity (Wildman–Crippen MR) is 192 cm³/mol. The van der Waals surface area contributed by atoms with Crippen molar-refractivity contribution < 1.29 is 23.7 Å². The number of nitro groups is 1. The van der Waals surface area contributed by atoms with Crippen LogP contribution in [0.5, 0.6) is 0 Å². The van der Waals surface area contributed by atoms with Crippen molar-refractivity contribution in [1.29, 1.82) is 0 Å². The average molecular weight is 670 g/mol. The van der Waals surface area contributed by atoms with E-state index in [1.807, 2.05) is 36.4 Å². The van der Waals surface area contributed by atoms with Gasteiger partial charge in [0.15, 0.2) is 5.78 Å². The van der Waals surface area contributed by atoms with Crippen LogP contribution in [-0.2, 0) is 9.59 Å². The Morgan fingerprint density at radius 1 is 0.820 bits per heavy atom. The molecule has 11 nitrogen and oxygen atoms in total. The molecule has 50 heavy (non-hydrogen) atoms. The number of likely N-dealkylation sites (N-methyl/N-ethyl adjacent to an activating group) is 1. The van der Waals surface area contributed by atoms with E-state index in [0.717, 1.165) is 18.7 Å². The van der Waals surface area contributed by atoms with Crippen LogP contribution in [0.1, 0.15) is 33.3 Å². The van der Waals surface area contributed by atoms with E-state index < -0.39 is 16.9 Å². The lowest BCUT2D eigenvalue weighted by molar-refractivity contribution is -0.384. The highest BCUT2D eigenvalue weighted by Gasteiger charge is 2.30. The number of rotatable bonds is 11.